The second-order valence-corrected chi connectivity index (χ2v) is 5.83. The van der Waals surface area contributed by atoms with Crippen molar-refractivity contribution in [3.8, 4) is 11.5 Å². The van der Waals surface area contributed by atoms with Crippen LogP contribution >= 0.6 is 11.6 Å². The molecule has 2 aromatic carbocycles. The summed E-state index contributed by atoms with van der Waals surface area (Å²) in [5.41, 5.74) is 1.52. The summed E-state index contributed by atoms with van der Waals surface area (Å²) in [7, 11) is 3.02. The van der Waals surface area contributed by atoms with Crippen molar-refractivity contribution in [1.82, 2.24) is 5.32 Å². The van der Waals surface area contributed by atoms with E-state index in [1.165, 1.54) is 14.2 Å². The molecule has 0 aromatic heterocycles. The van der Waals surface area contributed by atoms with Crippen molar-refractivity contribution < 1.29 is 14.3 Å². The predicted molar refractivity (Wildman–Crippen MR) is 96.1 cm³/mol. The lowest BCUT2D eigenvalue weighted by atomic mass is 10.0. The molecule has 0 heterocycles. The quantitative estimate of drug-likeness (QED) is 0.794. The van der Waals surface area contributed by atoms with Crippen LogP contribution in [0.4, 0.5) is 0 Å². The Kier molecular flexibility index (Phi) is 6.50. The number of methoxy groups -OCH3 is 2. The van der Waals surface area contributed by atoms with Crippen LogP contribution in [0.3, 0.4) is 0 Å². The fourth-order valence-electron chi connectivity index (χ4n) is 2.59. The van der Waals surface area contributed by atoms with E-state index in [2.05, 4.69) is 12.2 Å². The number of amides is 1. The number of carbonyl (C=O) groups excluding carboxylic acids is 1. The molecule has 0 radical (unpaired) electrons. The summed E-state index contributed by atoms with van der Waals surface area (Å²) in [6.45, 7) is 2.09. The van der Waals surface area contributed by atoms with Gasteiger partial charge in [-0.25, -0.2) is 0 Å². The molecule has 1 amide bonds. The molecule has 0 aliphatic heterocycles. The highest BCUT2D eigenvalue weighted by atomic mass is 35.5. The number of rotatable bonds is 7. The Hall–Kier alpha value is -2.20. The van der Waals surface area contributed by atoms with Gasteiger partial charge in [-0.2, -0.15) is 0 Å². The van der Waals surface area contributed by atoms with E-state index in [0.717, 1.165) is 18.4 Å². The first-order valence-electron chi connectivity index (χ1n) is 7.88. The van der Waals surface area contributed by atoms with E-state index < -0.39 is 0 Å². The van der Waals surface area contributed by atoms with E-state index in [9.17, 15) is 4.79 Å². The van der Waals surface area contributed by atoms with Gasteiger partial charge in [0.05, 0.1) is 25.3 Å². The molecular formula is C19H22ClNO3. The molecule has 0 aliphatic carbocycles. The van der Waals surface area contributed by atoms with E-state index in [-0.39, 0.29) is 11.9 Å². The maximum atomic E-state index is 12.7. The third kappa shape index (κ3) is 4.20. The van der Waals surface area contributed by atoms with Crippen molar-refractivity contribution in [1.29, 1.82) is 0 Å². The van der Waals surface area contributed by atoms with Gasteiger partial charge in [-0.1, -0.05) is 55.3 Å². The van der Waals surface area contributed by atoms with Gasteiger partial charge in [-0.15, -0.1) is 0 Å². The molecule has 5 heteroatoms. The van der Waals surface area contributed by atoms with Crippen molar-refractivity contribution in [3.63, 3.8) is 0 Å². The summed E-state index contributed by atoms with van der Waals surface area (Å²) in [6, 6.07) is 13.1. The number of hydrogen-bond donors (Lipinski definition) is 1. The van der Waals surface area contributed by atoms with E-state index >= 15 is 0 Å². The smallest absolute Gasteiger partial charge is 0.251 e. The molecule has 128 valence electrons. The van der Waals surface area contributed by atoms with Crippen LogP contribution in [-0.2, 0) is 0 Å². The SMILES string of the molecule is CCCC(NC(=O)c1cc(Cl)c(OC)c(OC)c1)c1ccccc1. The highest BCUT2D eigenvalue weighted by Gasteiger charge is 2.18. The topological polar surface area (TPSA) is 47.6 Å². The molecular weight excluding hydrogens is 326 g/mol. The lowest BCUT2D eigenvalue weighted by Gasteiger charge is -2.19. The Bertz CT molecular complexity index is 689. The van der Waals surface area contributed by atoms with Crippen molar-refractivity contribution in [2.75, 3.05) is 14.2 Å². The van der Waals surface area contributed by atoms with E-state index in [1.807, 2.05) is 30.3 Å². The molecule has 2 aromatic rings. The third-order valence-corrected chi connectivity index (χ3v) is 4.06. The molecule has 1 unspecified atom stereocenters. The highest BCUT2D eigenvalue weighted by molar-refractivity contribution is 6.32. The molecule has 0 saturated carbocycles. The van der Waals surface area contributed by atoms with Gasteiger partial charge < -0.3 is 14.8 Å². The van der Waals surface area contributed by atoms with Gasteiger partial charge >= 0.3 is 0 Å². The number of carbonyl (C=O) groups is 1. The van der Waals surface area contributed by atoms with Crippen LogP contribution in [0.15, 0.2) is 42.5 Å². The molecule has 4 nitrogen and oxygen atoms in total. The molecule has 0 fully saturated rings. The average Bonchev–Trinajstić information content (AvgIpc) is 2.61. The largest absolute Gasteiger partial charge is 0.493 e. The first-order chi connectivity index (χ1) is 11.6. The maximum absolute atomic E-state index is 12.7. The van der Waals surface area contributed by atoms with Crippen molar-refractivity contribution >= 4 is 17.5 Å². The first-order valence-corrected chi connectivity index (χ1v) is 8.25. The molecule has 1 atom stereocenters. The maximum Gasteiger partial charge on any atom is 0.251 e. The van der Waals surface area contributed by atoms with Gasteiger partial charge in [0.1, 0.15) is 0 Å². The summed E-state index contributed by atoms with van der Waals surface area (Å²) >= 11 is 6.19. The fourth-order valence-corrected chi connectivity index (χ4v) is 2.87. The van der Waals surface area contributed by atoms with Gasteiger partial charge in [0.2, 0.25) is 0 Å². The Balaban J connectivity index is 2.26. The minimum Gasteiger partial charge on any atom is -0.493 e. The summed E-state index contributed by atoms with van der Waals surface area (Å²) < 4.78 is 10.5. The summed E-state index contributed by atoms with van der Waals surface area (Å²) in [5, 5.41) is 3.41. The standard InChI is InChI=1S/C19H22ClNO3/c1-4-8-16(13-9-6-5-7-10-13)21-19(22)14-11-15(20)18(24-3)17(12-14)23-2/h5-7,9-12,16H,4,8H2,1-3H3,(H,21,22). The third-order valence-electron chi connectivity index (χ3n) is 3.78. The molecule has 24 heavy (non-hydrogen) atoms. The Labute approximate surface area is 147 Å². The number of halogens is 1. The Morgan fingerprint density at radius 3 is 2.46 bits per heavy atom. The zero-order valence-electron chi connectivity index (χ0n) is 14.1. The molecule has 1 N–H and O–H groups in total. The van der Waals surface area contributed by atoms with Gasteiger partial charge in [0.25, 0.3) is 5.91 Å². The highest BCUT2D eigenvalue weighted by Crippen LogP contribution is 2.36. The van der Waals surface area contributed by atoms with Crippen LogP contribution in [0.1, 0.15) is 41.7 Å². The van der Waals surface area contributed by atoms with Crippen LogP contribution in [0.25, 0.3) is 0 Å². The molecule has 0 saturated heterocycles. The van der Waals surface area contributed by atoms with Crippen LogP contribution in [0, 0.1) is 0 Å². The normalized spacial score (nSPS) is 11.7. The van der Waals surface area contributed by atoms with Crippen LogP contribution in [0.2, 0.25) is 5.02 Å². The lowest BCUT2D eigenvalue weighted by molar-refractivity contribution is 0.0934. The summed E-state index contributed by atoms with van der Waals surface area (Å²) in [5.74, 6) is 0.658. The number of nitrogens with one attached hydrogen (secondary N) is 1. The predicted octanol–water partition coefficient (Wildman–Crippen LogP) is 4.63. The van der Waals surface area contributed by atoms with Gasteiger partial charge in [-0.05, 0) is 24.1 Å². The zero-order chi connectivity index (χ0) is 17.5. The Morgan fingerprint density at radius 1 is 1.17 bits per heavy atom. The monoisotopic (exact) mass is 347 g/mol. The van der Waals surface area contributed by atoms with Gasteiger partial charge in [0.15, 0.2) is 11.5 Å². The minimum atomic E-state index is -0.194. The second-order valence-electron chi connectivity index (χ2n) is 5.42. The van der Waals surface area contributed by atoms with Gasteiger partial charge in [-0.3, -0.25) is 4.79 Å². The molecule has 0 aliphatic rings. The summed E-state index contributed by atoms with van der Waals surface area (Å²) in [4.78, 5) is 12.7. The number of hydrogen-bond acceptors (Lipinski definition) is 3. The summed E-state index contributed by atoms with van der Waals surface area (Å²) in [6.07, 6.45) is 1.82. The van der Waals surface area contributed by atoms with Gasteiger partial charge in [0, 0.05) is 5.56 Å². The van der Waals surface area contributed by atoms with Crippen molar-refractivity contribution in [2.45, 2.75) is 25.8 Å². The minimum absolute atomic E-state index is 0.0458. The van der Waals surface area contributed by atoms with E-state index in [4.69, 9.17) is 21.1 Å². The molecule has 0 bridgehead atoms. The van der Waals surface area contributed by atoms with Crippen LogP contribution in [-0.4, -0.2) is 20.1 Å². The van der Waals surface area contributed by atoms with Crippen molar-refractivity contribution in [2.24, 2.45) is 0 Å². The van der Waals surface area contributed by atoms with E-state index in [0.29, 0.717) is 22.1 Å². The average molecular weight is 348 g/mol. The second kappa shape index (κ2) is 8.60. The molecule has 0 spiro atoms. The number of benzene rings is 2. The fraction of sp³-hybridized carbons (Fsp3) is 0.316. The number of ether oxygens (including phenoxy) is 2. The Morgan fingerprint density at radius 2 is 1.88 bits per heavy atom. The van der Waals surface area contributed by atoms with E-state index in [1.54, 1.807) is 12.1 Å². The van der Waals surface area contributed by atoms with Crippen LogP contribution < -0.4 is 14.8 Å². The zero-order valence-corrected chi connectivity index (χ0v) is 14.9. The first kappa shape index (κ1) is 18.1. The van der Waals surface area contributed by atoms with Crippen molar-refractivity contribution in [3.05, 3.63) is 58.6 Å². The molecule has 2 rings (SSSR count). The van der Waals surface area contributed by atoms with Crippen LogP contribution in [0.5, 0.6) is 11.5 Å². The lowest BCUT2D eigenvalue weighted by Crippen LogP contribution is -2.28.